The van der Waals surface area contributed by atoms with E-state index in [0.29, 0.717) is 16.1 Å². The van der Waals surface area contributed by atoms with Gasteiger partial charge in [-0.05, 0) is 17.5 Å². The van der Waals surface area contributed by atoms with Crippen LogP contribution in [0.15, 0.2) is 34.2 Å². The van der Waals surface area contributed by atoms with Gasteiger partial charge in [-0.1, -0.05) is 22.6 Å². The molecule has 96 valence electrons. The van der Waals surface area contributed by atoms with Crippen LogP contribution >= 0.6 is 22.7 Å². The number of thiophene rings is 2. The van der Waals surface area contributed by atoms with Gasteiger partial charge in [0.2, 0.25) is 5.88 Å². The molecule has 0 bridgehead atoms. The average Bonchev–Trinajstić information content (AvgIpc) is 3.07. The lowest BCUT2D eigenvalue weighted by atomic mass is 10.2. The van der Waals surface area contributed by atoms with Crippen LogP contribution in [-0.2, 0) is 0 Å². The lowest BCUT2D eigenvalue weighted by molar-refractivity contribution is -0.380. The fourth-order valence-corrected chi connectivity index (χ4v) is 3.27. The van der Waals surface area contributed by atoms with E-state index in [1.54, 1.807) is 6.07 Å². The Hall–Kier alpha value is -2.19. The number of anilines is 1. The summed E-state index contributed by atoms with van der Waals surface area (Å²) in [6.45, 7) is 0. The van der Waals surface area contributed by atoms with Gasteiger partial charge in [0, 0.05) is 10.9 Å². The van der Waals surface area contributed by atoms with Crippen molar-refractivity contribution in [3.63, 3.8) is 0 Å². The molecule has 0 saturated heterocycles. The van der Waals surface area contributed by atoms with Gasteiger partial charge in [-0.15, -0.1) is 11.3 Å². The van der Waals surface area contributed by atoms with E-state index >= 15 is 0 Å². The number of hydrogen-bond acceptors (Lipinski definition) is 7. The molecule has 0 aliphatic rings. The maximum atomic E-state index is 10.7. The van der Waals surface area contributed by atoms with Crippen molar-refractivity contribution < 1.29 is 9.45 Å². The van der Waals surface area contributed by atoms with Gasteiger partial charge in [-0.2, -0.15) is 0 Å². The molecule has 3 aromatic rings. The van der Waals surface area contributed by atoms with Crippen LogP contribution in [-0.4, -0.2) is 10.1 Å². The molecule has 0 unspecified atom stereocenters. The molecule has 3 aromatic heterocycles. The summed E-state index contributed by atoms with van der Waals surface area (Å²) in [4.78, 5) is 11.9. The SMILES string of the molecule is Nc1onc(-c2ccc([N+](=O)[O-])s2)c1-c1cccs1. The van der Waals surface area contributed by atoms with E-state index in [-0.39, 0.29) is 10.9 Å². The summed E-state index contributed by atoms with van der Waals surface area (Å²) in [5.41, 5.74) is 7.01. The first-order valence-corrected chi connectivity index (χ1v) is 6.90. The number of hydrogen-bond donors (Lipinski definition) is 1. The Kier molecular flexibility index (Phi) is 2.80. The normalized spacial score (nSPS) is 10.7. The molecule has 0 aliphatic carbocycles. The summed E-state index contributed by atoms with van der Waals surface area (Å²) in [5.74, 6) is 0.216. The van der Waals surface area contributed by atoms with E-state index in [4.69, 9.17) is 10.3 Å². The molecule has 19 heavy (non-hydrogen) atoms. The Balaban J connectivity index is 2.13. The minimum absolute atomic E-state index is 0.0636. The first-order valence-electron chi connectivity index (χ1n) is 5.20. The third-order valence-corrected chi connectivity index (χ3v) is 4.42. The van der Waals surface area contributed by atoms with Gasteiger partial charge < -0.3 is 10.3 Å². The van der Waals surface area contributed by atoms with Crippen molar-refractivity contribution in [1.29, 1.82) is 0 Å². The van der Waals surface area contributed by atoms with E-state index < -0.39 is 4.92 Å². The molecule has 0 amide bonds. The highest BCUT2D eigenvalue weighted by molar-refractivity contribution is 7.18. The van der Waals surface area contributed by atoms with Crippen LogP contribution in [0.5, 0.6) is 0 Å². The number of nitrogens with zero attached hydrogens (tertiary/aromatic N) is 2. The Morgan fingerprint density at radius 1 is 1.32 bits per heavy atom. The lowest BCUT2D eigenvalue weighted by Crippen LogP contribution is -1.84. The average molecular weight is 293 g/mol. The molecule has 6 nitrogen and oxygen atoms in total. The number of nitrogen functional groups attached to an aromatic ring is 1. The fraction of sp³-hybridized carbons (Fsp3) is 0. The summed E-state index contributed by atoms with van der Waals surface area (Å²) >= 11 is 2.55. The second-order valence-corrected chi connectivity index (χ2v) is 5.65. The molecular formula is C11H7N3O3S2. The van der Waals surface area contributed by atoms with Gasteiger partial charge in [-0.3, -0.25) is 10.1 Å². The zero-order valence-electron chi connectivity index (χ0n) is 9.40. The predicted molar refractivity (Wildman–Crippen MR) is 74.2 cm³/mol. The highest BCUT2D eigenvalue weighted by atomic mass is 32.1. The van der Waals surface area contributed by atoms with Crippen LogP contribution in [0.3, 0.4) is 0 Å². The Bertz CT molecular complexity index is 730. The quantitative estimate of drug-likeness (QED) is 0.587. The van der Waals surface area contributed by atoms with Gasteiger partial charge in [0.1, 0.15) is 5.69 Å². The summed E-state index contributed by atoms with van der Waals surface area (Å²) in [6.07, 6.45) is 0. The highest BCUT2D eigenvalue weighted by Gasteiger charge is 2.21. The standard InChI is InChI=1S/C11H7N3O3S2/c12-11-9(6-2-1-5-18-6)10(13-17-11)7-3-4-8(19-7)14(15)16/h1-5H,12H2. The lowest BCUT2D eigenvalue weighted by Gasteiger charge is -1.95. The number of rotatable bonds is 3. The summed E-state index contributed by atoms with van der Waals surface area (Å²) in [7, 11) is 0. The van der Waals surface area contributed by atoms with E-state index in [9.17, 15) is 10.1 Å². The molecular weight excluding hydrogens is 286 g/mol. The van der Waals surface area contributed by atoms with Gasteiger partial charge in [-0.25, -0.2) is 0 Å². The number of aromatic nitrogens is 1. The summed E-state index contributed by atoms with van der Waals surface area (Å²) in [5, 5.41) is 16.6. The van der Waals surface area contributed by atoms with Crippen LogP contribution in [0.2, 0.25) is 0 Å². The molecule has 0 saturated carbocycles. The first kappa shape index (κ1) is 11.9. The summed E-state index contributed by atoms with van der Waals surface area (Å²) in [6, 6.07) is 6.90. The second kappa shape index (κ2) is 4.48. The van der Waals surface area contributed by atoms with Crippen molar-refractivity contribution in [2.45, 2.75) is 0 Å². The zero-order valence-corrected chi connectivity index (χ0v) is 11.0. The largest absolute Gasteiger partial charge is 0.367 e. The van der Waals surface area contributed by atoms with Crippen molar-refractivity contribution in [1.82, 2.24) is 5.16 Å². The van der Waals surface area contributed by atoms with Crippen LogP contribution in [0.25, 0.3) is 21.0 Å². The van der Waals surface area contributed by atoms with Crippen LogP contribution < -0.4 is 5.73 Å². The van der Waals surface area contributed by atoms with Gasteiger partial charge >= 0.3 is 5.00 Å². The van der Waals surface area contributed by atoms with Gasteiger partial charge in [0.25, 0.3) is 0 Å². The smallest absolute Gasteiger partial charge is 0.324 e. The maximum Gasteiger partial charge on any atom is 0.324 e. The third-order valence-electron chi connectivity index (χ3n) is 2.49. The molecule has 3 heterocycles. The Morgan fingerprint density at radius 2 is 2.16 bits per heavy atom. The Labute approximate surface area is 115 Å². The van der Waals surface area contributed by atoms with Crippen LogP contribution in [0.1, 0.15) is 0 Å². The van der Waals surface area contributed by atoms with E-state index in [0.717, 1.165) is 16.2 Å². The summed E-state index contributed by atoms with van der Waals surface area (Å²) < 4.78 is 5.01. The molecule has 0 spiro atoms. The minimum Gasteiger partial charge on any atom is -0.367 e. The molecule has 8 heteroatoms. The molecule has 2 N–H and O–H groups in total. The van der Waals surface area contributed by atoms with Crippen molar-refractivity contribution in [3.05, 3.63) is 39.8 Å². The molecule has 0 radical (unpaired) electrons. The molecule has 0 aliphatic heterocycles. The van der Waals surface area contributed by atoms with Crippen molar-refractivity contribution in [2.75, 3.05) is 5.73 Å². The van der Waals surface area contributed by atoms with Crippen LogP contribution in [0.4, 0.5) is 10.9 Å². The maximum absolute atomic E-state index is 10.7. The minimum atomic E-state index is -0.428. The van der Waals surface area contributed by atoms with Gasteiger partial charge in [0.05, 0.1) is 15.4 Å². The third kappa shape index (κ3) is 2.00. The van der Waals surface area contributed by atoms with Crippen molar-refractivity contribution in [2.24, 2.45) is 0 Å². The monoisotopic (exact) mass is 293 g/mol. The van der Waals surface area contributed by atoms with E-state index in [2.05, 4.69) is 5.16 Å². The number of nitro groups is 1. The topological polar surface area (TPSA) is 95.2 Å². The number of nitrogens with two attached hydrogens (primary N) is 1. The molecule has 0 atom stereocenters. The van der Waals surface area contributed by atoms with Crippen LogP contribution in [0, 0.1) is 10.1 Å². The zero-order chi connectivity index (χ0) is 13.4. The van der Waals surface area contributed by atoms with Gasteiger partial charge in [0.15, 0.2) is 0 Å². The fourth-order valence-electron chi connectivity index (χ4n) is 1.68. The molecule has 0 aromatic carbocycles. The second-order valence-electron chi connectivity index (χ2n) is 3.64. The first-order chi connectivity index (χ1) is 9.16. The molecule has 0 fully saturated rings. The van der Waals surface area contributed by atoms with Crippen molar-refractivity contribution in [3.8, 4) is 21.0 Å². The van der Waals surface area contributed by atoms with Crippen molar-refractivity contribution >= 4 is 33.6 Å². The predicted octanol–water partition coefficient (Wildman–Crippen LogP) is 3.62. The Morgan fingerprint density at radius 3 is 2.79 bits per heavy atom. The van der Waals surface area contributed by atoms with E-state index in [1.165, 1.54) is 17.4 Å². The highest BCUT2D eigenvalue weighted by Crippen LogP contribution is 2.42. The van der Waals surface area contributed by atoms with E-state index in [1.807, 2.05) is 17.5 Å². The molecule has 3 rings (SSSR count).